The molecular weight excluding hydrogens is 402 g/mol. The van der Waals surface area contributed by atoms with Gasteiger partial charge >= 0.3 is 12.0 Å². The van der Waals surface area contributed by atoms with E-state index in [0.717, 1.165) is 12.8 Å². The van der Waals surface area contributed by atoms with Gasteiger partial charge in [-0.2, -0.15) is 0 Å². The minimum absolute atomic E-state index is 0.0614. The Hall–Kier alpha value is -4.01. The molecule has 0 bridgehead atoms. The quantitative estimate of drug-likeness (QED) is 0.428. The maximum Gasteiger partial charge on any atom is 0.341 e. The molecule has 0 aliphatic heterocycles. The average Bonchev–Trinajstić information content (AvgIpc) is 3.55. The fraction of sp³-hybridized carbons (Fsp3) is 0.227. The number of urea groups is 1. The molecule has 1 atom stereocenters. The van der Waals surface area contributed by atoms with E-state index >= 15 is 0 Å². The van der Waals surface area contributed by atoms with Crippen molar-refractivity contribution in [1.82, 2.24) is 10.6 Å². The fourth-order valence-corrected chi connectivity index (χ4v) is 3.33. The van der Waals surface area contributed by atoms with Crippen molar-refractivity contribution >= 4 is 35.2 Å². The molecular formula is C22H19N3O6. The van der Waals surface area contributed by atoms with Crippen molar-refractivity contribution in [1.29, 1.82) is 0 Å². The van der Waals surface area contributed by atoms with Gasteiger partial charge in [0, 0.05) is 22.7 Å². The van der Waals surface area contributed by atoms with Gasteiger partial charge < -0.3 is 15.8 Å². The first-order valence-electron chi connectivity index (χ1n) is 9.71. The zero-order valence-corrected chi connectivity index (χ0v) is 16.6. The molecule has 0 radical (unpaired) electrons. The Morgan fingerprint density at radius 1 is 1.00 bits per heavy atom. The number of carbonyl (C=O) groups excluding carboxylic acids is 5. The normalized spacial score (nSPS) is 15.4. The van der Waals surface area contributed by atoms with Crippen LogP contribution in [0.5, 0.6) is 0 Å². The van der Waals surface area contributed by atoms with Gasteiger partial charge in [-0.3, -0.25) is 19.7 Å². The van der Waals surface area contributed by atoms with Gasteiger partial charge in [0.15, 0.2) is 17.7 Å². The summed E-state index contributed by atoms with van der Waals surface area (Å²) in [6, 6.07) is 8.37. The number of ether oxygens (including phenoxy) is 1. The number of carbonyl (C=O) groups is 5. The summed E-state index contributed by atoms with van der Waals surface area (Å²) in [5, 5.41) is 4.68. The molecule has 2 aliphatic carbocycles. The van der Waals surface area contributed by atoms with Crippen molar-refractivity contribution < 1.29 is 28.7 Å². The second-order valence-corrected chi connectivity index (χ2v) is 7.44. The number of nitrogen functional groups attached to an aromatic ring is 1. The number of benzene rings is 2. The summed E-state index contributed by atoms with van der Waals surface area (Å²) >= 11 is 0. The van der Waals surface area contributed by atoms with Gasteiger partial charge in [0.1, 0.15) is 0 Å². The summed E-state index contributed by atoms with van der Waals surface area (Å²) in [4.78, 5) is 62.0. The van der Waals surface area contributed by atoms with Crippen LogP contribution in [-0.2, 0) is 9.53 Å². The predicted octanol–water partition coefficient (Wildman–Crippen LogP) is 1.58. The highest BCUT2D eigenvalue weighted by Gasteiger charge is 2.33. The topological polar surface area (TPSA) is 145 Å². The third-order valence-electron chi connectivity index (χ3n) is 5.16. The molecule has 1 unspecified atom stereocenters. The number of nitrogens with one attached hydrogen (secondary N) is 2. The molecule has 1 fully saturated rings. The minimum Gasteiger partial charge on any atom is -0.449 e. The van der Waals surface area contributed by atoms with Crippen molar-refractivity contribution in [2.75, 3.05) is 5.73 Å². The summed E-state index contributed by atoms with van der Waals surface area (Å²) in [5.41, 5.74) is 6.22. The Kier molecular flexibility index (Phi) is 5.02. The van der Waals surface area contributed by atoms with Crippen molar-refractivity contribution in [3.05, 3.63) is 64.2 Å². The highest BCUT2D eigenvalue weighted by molar-refractivity contribution is 6.30. The lowest BCUT2D eigenvalue weighted by atomic mass is 9.82. The molecule has 3 amide bonds. The molecule has 158 valence electrons. The number of fused-ring (bicyclic) bond motifs is 2. The van der Waals surface area contributed by atoms with E-state index in [9.17, 15) is 24.0 Å². The Balaban J connectivity index is 1.53. The molecule has 31 heavy (non-hydrogen) atoms. The Morgan fingerprint density at radius 2 is 1.65 bits per heavy atom. The van der Waals surface area contributed by atoms with E-state index in [1.165, 1.54) is 25.1 Å². The van der Waals surface area contributed by atoms with Gasteiger partial charge in [-0.05, 0) is 31.9 Å². The minimum atomic E-state index is -1.29. The van der Waals surface area contributed by atoms with Gasteiger partial charge in [-0.15, -0.1) is 0 Å². The molecule has 0 aromatic heterocycles. The van der Waals surface area contributed by atoms with Crippen molar-refractivity contribution in [2.45, 2.75) is 31.9 Å². The smallest absolute Gasteiger partial charge is 0.341 e. The molecule has 2 aromatic rings. The Morgan fingerprint density at radius 3 is 2.29 bits per heavy atom. The standard InChI is InChI=1S/C22H19N3O6/c1-10(20(28)25-22(30)24-11-6-7-11)31-21(29)15-9-8-14-16(17(15)23)19(27)13-5-3-2-4-12(13)18(14)26/h2-5,8-11H,6-7,23H2,1H3,(H2,24,25,28,30). The molecule has 1 saturated carbocycles. The number of rotatable bonds is 4. The SMILES string of the molecule is CC(OC(=O)c1ccc2c(c1N)C(=O)c1ccccc1C2=O)C(=O)NC(=O)NC1CC1. The lowest BCUT2D eigenvalue weighted by molar-refractivity contribution is -0.127. The van der Waals surface area contributed by atoms with Crippen molar-refractivity contribution in [3.63, 3.8) is 0 Å². The number of hydrogen-bond acceptors (Lipinski definition) is 7. The van der Waals surface area contributed by atoms with Gasteiger partial charge in [-0.25, -0.2) is 9.59 Å². The third-order valence-corrected chi connectivity index (χ3v) is 5.16. The number of esters is 1. The van der Waals surface area contributed by atoms with Gasteiger partial charge in [-0.1, -0.05) is 24.3 Å². The first-order valence-corrected chi connectivity index (χ1v) is 9.71. The van der Waals surface area contributed by atoms with Gasteiger partial charge in [0.05, 0.1) is 16.8 Å². The summed E-state index contributed by atoms with van der Waals surface area (Å²) in [5.74, 6) is -2.60. The zero-order chi connectivity index (χ0) is 22.3. The third kappa shape index (κ3) is 3.77. The highest BCUT2D eigenvalue weighted by Crippen LogP contribution is 2.33. The highest BCUT2D eigenvalue weighted by atomic mass is 16.5. The Bertz CT molecular complexity index is 1150. The van der Waals surface area contributed by atoms with E-state index in [0.29, 0.717) is 0 Å². The monoisotopic (exact) mass is 421 g/mol. The van der Waals surface area contributed by atoms with Crippen molar-refractivity contribution in [3.8, 4) is 0 Å². The number of anilines is 1. The van der Waals surface area contributed by atoms with Crippen LogP contribution in [0.4, 0.5) is 10.5 Å². The van der Waals surface area contributed by atoms with Crippen LogP contribution in [0.2, 0.25) is 0 Å². The van der Waals surface area contributed by atoms with Crippen LogP contribution in [0.3, 0.4) is 0 Å². The van der Waals surface area contributed by atoms with Crippen LogP contribution in [0, 0.1) is 0 Å². The van der Waals surface area contributed by atoms with E-state index in [1.807, 2.05) is 0 Å². The summed E-state index contributed by atoms with van der Waals surface area (Å²) in [7, 11) is 0. The zero-order valence-electron chi connectivity index (χ0n) is 16.6. The number of imide groups is 1. The fourth-order valence-electron chi connectivity index (χ4n) is 3.33. The van der Waals surface area contributed by atoms with Crippen LogP contribution < -0.4 is 16.4 Å². The molecule has 0 spiro atoms. The van der Waals surface area contributed by atoms with Crippen LogP contribution in [0.1, 0.15) is 62.0 Å². The first-order chi connectivity index (χ1) is 14.8. The van der Waals surface area contributed by atoms with E-state index in [1.54, 1.807) is 18.2 Å². The largest absolute Gasteiger partial charge is 0.449 e. The molecule has 0 heterocycles. The first kappa shape index (κ1) is 20.3. The number of hydrogen-bond donors (Lipinski definition) is 3. The number of nitrogens with two attached hydrogens (primary N) is 1. The molecule has 9 nitrogen and oxygen atoms in total. The number of amides is 3. The lowest BCUT2D eigenvalue weighted by Crippen LogP contribution is -2.45. The molecule has 4 N–H and O–H groups in total. The van der Waals surface area contributed by atoms with Crippen molar-refractivity contribution in [2.24, 2.45) is 0 Å². The number of ketones is 2. The summed E-state index contributed by atoms with van der Waals surface area (Å²) in [6.45, 7) is 1.30. The van der Waals surface area contributed by atoms with Gasteiger partial charge in [0.25, 0.3) is 5.91 Å². The second kappa shape index (κ2) is 7.67. The maximum absolute atomic E-state index is 12.9. The summed E-state index contributed by atoms with van der Waals surface area (Å²) in [6.07, 6.45) is 0.427. The van der Waals surface area contributed by atoms with E-state index in [4.69, 9.17) is 10.5 Å². The van der Waals surface area contributed by atoms with Gasteiger partial charge in [0.2, 0.25) is 0 Å². The lowest BCUT2D eigenvalue weighted by Gasteiger charge is -2.20. The van der Waals surface area contributed by atoms with Crippen LogP contribution >= 0.6 is 0 Å². The summed E-state index contributed by atoms with van der Waals surface area (Å²) < 4.78 is 5.12. The Labute approximate surface area is 176 Å². The van der Waals surface area contributed by atoms with E-state index in [-0.39, 0.29) is 45.3 Å². The molecule has 4 rings (SSSR count). The van der Waals surface area contributed by atoms with E-state index < -0.39 is 29.8 Å². The van der Waals surface area contributed by atoms with Crippen LogP contribution in [0.25, 0.3) is 0 Å². The molecule has 2 aliphatic rings. The second-order valence-electron chi connectivity index (χ2n) is 7.44. The maximum atomic E-state index is 12.9. The average molecular weight is 421 g/mol. The molecule has 2 aromatic carbocycles. The van der Waals surface area contributed by atoms with Crippen LogP contribution in [0.15, 0.2) is 36.4 Å². The van der Waals surface area contributed by atoms with Crippen LogP contribution in [-0.4, -0.2) is 41.6 Å². The molecule has 0 saturated heterocycles. The van der Waals surface area contributed by atoms with E-state index in [2.05, 4.69) is 10.6 Å². The molecule has 9 heteroatoms. The predicted molar refractivity (Wildman–Crippen MR) is 109 cm³/mol.